The van der Waals surface area contributed by atoms with Gasteiger partial charge >= 0.3 is 11.9 Å². The topological polar surface area (TPSA) is 59.1 Å². The second kappa shape index (κ2) is 10.4. The van der Waals surface area contributed by atoms with Crippen molar-refractivity contribution in [2.24, 2.45) is 0 Å². The van der Waals surface area contributed by atoms with Gasteiger partial charge in [-0.3, -0.25) is 0 Å². The van der Waals surface area contributed by atoms with Crippen LogP contribution in [0.1, 0.15) is 38.9 Å². The lowest BCUT2D eigenvalue weighted by atomic mass is 10.00. The van der Waals surface area contributed by atoms with Gasteiger partial charge in [0.1, 0.15) is 17.0 Å². The van der Waals surface area contributed by atoms with E-state index in [2.05, 4.69) is 38.1 Å². The number of ether oxygens (including phenoxy) is 2. The monoisotopic (exact) mass is 554 g/mol. The Morgan fingerprint density at radius 2 is 1.30 bits per heavy atom. The molecule has 0 fully saturated rings. The number of aryl methyl sites for hydroxylation is 6. The summed E-state index contributed by atoms with van der Waals surface area (Å²) in [5, 5.41) is 0.453. The van der Waals surface area contributed by atoms with Crippen LogP contribution in [-0.2, 0) is 19.1 Å². The zero-order valence-electron chi connectivity index (χ0n) is 23.7. The predicted octanol–water partition coefficient (Wildman–Crippen LogP) is 7.34. The first kappa shape index (κ1) is 27.3. The zero-order valence-corrected chi connectivity index (χ0v) is 24.4. The maximum atomic E-state index is 13.8. The summed E-state index contributed by atoms with van der Waals surface area (Å²) in [6, 6.07) is 15.3. The molecule has 6 nitrogen and oxygen atoms in total. The van der Waals surface area contributed by atoms with Gasteiger partial charge in [-0.25, -0.2) is 9.59 Å². The van der Waals surface area contributed by atoms with Crippen molar-refractivity contribution in [1.82, 2.24) is 0 Å². The Morgan fingerprint density at radius 3 is 1.75 bits per heavy atom. The molecular weight excluding hydrogens is 524 g/mol. The summed E-state index contributed by atoms with van der Waals surface area (Å²) in [4.78, 5) is 31.1. The van der Waals surface area contributed by atoms with Gasteiger partial charge in [0.05, 0.1) is 18.5 Å². The van der Waals surface area contributed by atoms with Gasteiger partial charge in [0.25, 0.3) is 0 Å². The minimum absolute atomic E-state index is 0.0494. The van der Waals surface area contributed by atoms with E-state index in [1.165, 1.54) is 7.11 Å². The molecule has 2 heterocycles. The van der Waals surface area contributed by atoms with Crippen LogP contribution in [-0.4, -0.2) is 19.0 Å². The molecule has 0 bridgehead atoms. The van der Waals surface area contributed by atoms with Gasteiger partial charge in [-0.2, -0.15) is 0 Å². The van der Waals surface area contributed by atoms with Gasteiger partial charge in [0, 0.05) is 23.0 Å². The molecule has 2 aliphatic heterocycles. The minimum Gasteiger partial charge on any atom is -0.465 e. The molecule has 2 aliphatic rings. The lowest BCUT2D eigenvalue weighted by molar-refractivity contribution is -0.136. The second-order valence-corrected chi connectivity index (χ2v) is 10.8. The molecule has 5 rings (SSSR count). The van der Waals surface area contributed by atoms with E-state index >= 15 is 0 Å². The maximum Gasteiger partial charge on any atom is 0.348 e. The molecule has 0 spiro atoms. The third-order valence-electron chi connectivity index (χ3n) is 7.15. The third kappa shape index (κ3) is 4.58. The van der Waals surface area contributed by atoms with Crippen molar-refractivity contribution in [1.29, 1.82) is 0 Å². The molecule has 0 radical (unpaired) electrons. The van der Waals surface area contributed by atoms with E-state index in [1.54, 1.807) is 24.3 Å². The summed E-state index contributed by atoms with van der Waals surface area (Å²) in [6.07, 6.45) is 3.84. The number of halogens is 1. The summed E-state index contributed by atoms with van der Waals surface area (Å²) in [6.45, 7) is 12.3. The molecule has 3 aromatic carbocycles. The van der Waals surface area contributed by atoms with Gasteiger partial charge < -0.3 is 19.3 Å². The highest BCUT2D eigenvalue weighted by molar-refractivity contribution is 6.30. The SMILES string of the molecule is COC(=O)C1=C(c2cccc(Cl)c2)OC(=O)C1=C1N(c2c(C)cc(C)cc2C)C=CN1c1c(C)cc(C)cc1C. The maximum absolute atomic E-state index is 13.8. The zero-order chi connectivity index (χ0) is 28.9. The smallest absolute Gasteiger partial charge is 0.348 e. The molecule has 0 amide bonds. The van der Waals surface area contributed by atoms with Gasteiger partial charge in [0.15, 0.2) is 5.76 Å². The van der Waals surface area contributed by atoms with E-state index in [4.69, 9.17) is 21.1 Å². The number of hydrogen-bond donors (Lipinski definition) is 0. The van der Waals surface area contributed by atoms with Crippen LogP contribution in [0.15, 0.2) is 77.9 Å². The van der Waals surface area contributed by atoms with Crippen molar-refractivity contribution in [2.75, 3.05) is 16.9 Å². The van der Waals surface area contributed by atoms with E-state index < -0.39 is 11.9 Å². The van der Waals surface area contributed by atoms with Crippen LogP contribution in [0.2, 0.25) is 5.02 Å². The number of anilines is 2. The molecule has 0 unspecified atom stereocenters. The number of methoxy groups -OCH3 is 1. The molecule has 0 saturated heterocycles. The number of carbonyl (C=O) groups excluding carboxylic acids is 2. The quantitative estimate of drug-likeness (QED) is 0.248. The highest BCUT2D eigenvalue weighted by Crippen LogP contribution is 2.44. The average Bonchev–Trinajstić information content (AvgIpc) is 3.43. The standard InChI is InChI=1S/C33H31ClN2O4/c1-18-13-20(3)28(21(4)14-18)35-11-12-36(29-22(5)15-19(2)16-23(29)6)31(35)27-26(32(37)39-7)30(40-33(27)38)24-9-8-10-25(34)17-24/h8-17H,1-7H3. The number of cyclic esters (lactones) is 1. The lowest BCUT2D eigenvalue weighted by Gasteiger charge is -2.30. The third-order valence-corrected chi connectivity index (χ3v) is 7.38. The predicted molar refractivity (Wildman–Crippen MR) is 159 cm³/mol. The Balaban J connectivity index is 1.87. The largest absolute Gasteiger partial charge is 0.465 e. The van der Waals surface area contributed by atoms with E-state index in [9.17, 15) is 9.59 Å². The summed E-state index contributed by atoms with van der Waals surface area (Å²) in [5.74, 6) is -0.713. The van der Waals surface area contributed by atoms with Crippen molar-refractivity contribution in [3.8, 4) is 0 Å². The van der Waals surface area contributed by atoms with Crippen LogP contribution >= 0.6 is 11.6 Å². The molecule has 40 heavy (non-hydrogen) atoms. The molecule has 0 N–H and O–H groups in total. The van der Waals surface area contributed by atoms with Crippen LogP contribution < -0.4 is 9.80 Å². The highest BCUT2D eigenvalue weighted by atomic mass is 35.5. The number of carbonyl (C=O) groups is 2. The fraction of sp³-hybridized carbons (Fsp3) is 0.212. The van der Waals surface area contributed by atoms with Crippen molar-refractivity contribution >= 4 is 40.7 Å². The van der Waals surface area contributed by atoms with Crippen molar-refractivity contribution in [2.45, 2.75) is 41.5 Å². The number of benzene rings is 3. The lowest BCUT2D eigenvalue weighted by Crippen LogP contribution is -2.29. The van der Waals surface area contributed by atoms with E-state index in [1.807, 2.05) is 49.9 Å². The molecular formula is C33H31ClN2O4. The molecule has 0 aliphatic carbocycles. The number of hydrogen-bond acceptors (Lipinski definition) is 6. The van der Waals surface area contributed by atoms with Crippen molar-refractivity contribution < 1.29 is 19.1 Å². The Bertz CT molecular complexity index is 1570. The first-order valence-corrected chi connectivity index (χ1v) is 13.4. The van der Waals surface area contributed by atoms with Crippen LogP contribution in [0.5, 0.6) is 0 Å². The van der Waals surface area contributed by atoms with Gasteiger partial charge in [-0.05, 0) is 75.9 Å². The van der Waals surface area contributed by atoms with Crippen LogP contribution in [0.4, 0.5) is 11.4 Å². The van der Waals surface area contributed by atoms with Crippen LogP contribution in [0.3, 0.4) is 0 Å². The van der Waals surface area contributed by atoms with Crippen molar-refractivity contribution in [3.63, 3.8) is 0 Å². The normalized spacial score (nSPS) is 14.9. The summed E-state index contributed by atoms with van der Waals surface area (Å²) < 4.78 is 11.0. The molecule has 204 valence electrons. The first-order valence-electron chi connectivity index (χ1n) is 13.0. The fourth-order valence-corrected chi connectivity index (χ4v) is 6.03. The Kier molecular flexibility index (Phi) is 7.06. The second-order valence-electron chi connectivity index (χ2n) is 10.3. The van der Waals surface area contributed by atoms with Crippen LogP contribution in [0.25, 0.3) is 5.76 Å². The number of rotatable bonds is 4. The first-order chi connectivity index (χ1) is 19.0. The molecule has 7 heteroatoms. The minimum atomic E-state index is -0.676. The molecule has 0 saturated carbocycles. The van der Waals surface area contributed by atoms with Crippen LogP contribution in [0, 0.1) is 41.5 Å². The molecule has 0 atom stereocenters. The summed E-state index contributed by atoms with van der Waals surface area (Å²) in [5.41, 5.74) is 8.91. The van der Waals surface area contributed by atoms with Gasteiger partial charge in [-0.1, -0.05) is 59.1 Å². The molecule has 3 aromatic rings. The van der Waals surface area contributed by atoms with Gasteiger partial charge in [-0.15, -0.1) is 0 Å². The fourth-order valence-electron chi connectivity index (χ4n) is 5.84. The van der Waals surface area contributed by atoms with E-state index in [0.717, 1.165) is 44.8 Å². The molecule has 0 aromatic heterocycles. The number of nitrogens with zero attached hydrogens (tertiary/aromatic N) is 2. The highest BCUT2D eigenvalue weighted by Gasteiger charge is 2.43. The van der Waals surface area contributed by atoms with E-state index in [0.29, 0.717) is 16.4 Å². The van der Waals surface area contributed by atoms with Gasteiger partial charge in [0.2, 0.25) is 0 Å². The Hall–Kier alpha value is -4.29. The van der Waals surface area contributed by atoms with Crippen molar-refractivity contribution in [3.05, 3.63) is 122 Å². The Morgan fingerprint density at radius 1 is 0.800 bits per heavy atom. The average molecular weight is 555 g/mol. The summed E-state index contributed by atoms with van der Waals surface area (Å²) in [7, 11) is 1.29. The number of esters is 2. The Labute approximate surface area is 239 Å². The van der Waals surface area contributed by atoms with E-state index in [-0.39, 0.29) is 16.9 Å². The summed E-state index contributed by atoms with van der Waals surface area (Å²) >= 11 is 6.27.